The van der Waals surface area contributed by atoms with Crippen LogP contribution >= 0.6 is 0 Å². The first kappa shape index (κ1) is 37.7. The van der Waals surface area contributed by atoms with E-state index in [0.717, 1.165) is 5.56 Å². The fraction of sp³-hybridized carbons (Fsp3) is 0.545. The van der Waals surface area contributed by atoms with Crippen LogP contribution in [0.2, 0.25) is 0 Å². The van der Waals surface area contributed by atoms with Crippen molar-refractivity contribution in [2.75, 3.05) is 26.5 Å². The number of aliphatic hydroxyl groups is 1. The molecule has 45 heavy (non-hydrogen) atoms. The normalized spacial score (nSPS) is 13.5. The Kier molecular flexibility index (Phi) is 16.0. The van der Waals surface area contributed by atoms with E-state index >= 15 is 0 Å². The first-order valence-corrected chi connectivity index (χ1v) is 17.3. The Morgan fingerprint density at radius 3 is 2.18 bits per heavy atom. The van der Waals surface area contributed by atoms with Crippen LogP contribution in [0.4, 0.5) is 0 Å². The standard InChI is InChI=1S/C33H50N4O7S/c1-5-11-27(12-6-2)45(42,43)23-29(36-32(40)18-17-31(39)35-3)33(41)37(21-25-15-10-16-26(19-25)44-4)22-30(38)28(34)20-24-13-8-7-9-14-24/h7-10,13-16,19,27-30,38H,5-6,11-12,17-18,20-23,34H2,1-4H3,(H,35,39)(H,36,40)/t28-,29?,30+/m0/s1. The molecule has 3 amide bonds. The summed E-state index contributed by atoms with van der Waals surface area (Å²) < 4.78 is 32.6. The average molecular weight is 647 g/mol. The van der Waals surface area contributed by atoms with Gasteiger partial charge in [0.15, 0.2) is 9.84 Å². The maximum Gasteiger partial charge on any atom is 0.246 e. The molecule has 0 saturated carbocycles. The van der Waals surface area contributed by atoms with Gasteiger partial charge in [-0.3, -0.25) is 14.4 Å². The third kappa shape index (κ3) is 12.8. The molecule has 3 atom stereocenters. The fourth-order valence-electron chi connectivity index (χ4n) is 5.14. The zero-order valence-corrected chi connectivity index (χ0v) is 27.7. The van der Waals surface area contributed by atoms with E-state index < -0.39 is 50.8 Å². The van der Waals surface area contributed by atoms with Gasteiger partial charge in [-0.1, -0.05) is 69.2 Å². The van der Waals surface area contributed by atoms with Gasteiger partial charge >= 0.3 is 0 Å². The highest BCUT2D eigenvalue weighted by molar-refractivity contribution is 7.92. The van der Waals surface area contributed by atoms with Gasteiger partial charge in [0.2, 0.25) is 17.7 Å². The molecular formula is C33H50N4O7S. The molecule has 2 rings (SSSR count). The summed E-state index contributed by atoms with van der Waals surface area (Å²) in [6.07, 6.45) is 1.01. The third-order valence-electron chi connectivity index (χ3n) is 7.65. The predicted octanol–water partition coefficient (Wildman–Crippen LogP) is 2.35. The van der Waals surface area contributed by atoms with Gasteiger partial charge in [0.25, 0.3) is 0 Å². The zero-order valence-electron chi connectivity index (χ0n) is 26.9. The van der Waals surface area contributed by atoms with E-state index in [4.69, 9.17) is 10.5 Å². The molecule has 250 valence electrons. The molecule has 0 aliphatic carbocycles. The summed E-state index contributed by atoms with van der Waals surface area (Å²) in [4.78, 5) is 40.3. The predicted molar refractivity (Wildman–Crippen MR) is 175 cm³/mol. The van der Waals surface area contributed by atoms with E-state index in [-0.39, 0.29) is 31.8 Å². The van der Waals surface area contributed by atoms with Gasteiger partial charge in [-0.25, -0.2) is 8.42 Å². The molecule has 0 aliphatic rings. The summed E-state index contributed by atoms with van der Waals surface area (Å²) in [5.74, 6) is -1.71. The molecule has 0 fully saturated rings. The van der Waals surface area contributed by atoms with E-state index in [1.165, 1.54) is 19.1 Å². The largest absolute Gasteiger partial charge is 0.497 e. The molecule has 2 aromatic rings. The number of benzene rings is 2. The van der Waals surface area contributed by atoms with Crippen LogP contribution in [0, 0.1) is 0 Å². The Morgan fingerprint density at radius 1 is 0.956 bits per heavy atom. The highest BCUT2D eigenvalue weighted by atomic mass is 32.2. The van der Waals surface area contributed by atoms with Crippen LogP contribution in [0.15, 0.2) is 54.6 Å². The summed E-state index contributed by atoms with van der Waals surface area (Å²) in [5.41, 5.74) is 7.96. The minimum atomic E-state index is -3.82. The Bertz CT molecular complexity index is 1320. The van der Waals surface area contributed by atoms with Crippen molar-refractivity contribution in [3.8, 4) is 5.75 Å². The van der Waals surface area contributed by atoms with Crippen LogP contribution in [-0.2, 0) is 37.2 Å². The molecule has 0 aromatic heterocycles. The van der Waals surface area contributed by atoms with E-state index in [2.05, 4.69) is 10.6 Å². The van der Waals surface area contributed by atoms with Gasteiger partial charge in [0.05, 0.1) is 24.2 Å². The number of sulfone groups is 1. The molecule has 12 heteroatoms. The zero-order chi connectivity index (χ0) is 33.4. The quantitative estimate of drug-likeness (QED) is 0.170. The maximum atomic E-state index is 14.2. The van der Waals surface area contributed by atoms with E-state index in [0.29, 0.717) is 43.4 Å². The van der Waals surface area contributed by atoms with Crippen molar-refractivity contribution in [1.82, 2.24) is 15.5 Å². The topological polar surface area (TPSA) is 168 Å². The highest BCUT2D eigenvalue weighted by Crippen LogP contribution is 2.20. The van der Waals surface area contributed by atoms with Gasteiger partial charge in [-0.2, -0.15) is 0 Å². The first-order chi connectivity index (χ1) is 21.4. The number of methoxy groups -OCH3 is 1. The Hall–Kier alpha value is -3.48. The molecule has 0 saturated heterocycles. The molecular weight excluding hydrogens is 596 g/mol. The molecule has 5 N–H and O–H groups in total. The van der Waals surface area contributed by atoms with Crippen molar-refractivity contribution in [3.63, 3.8) is 0 Å². The van der Waals surface area contributed by atoms with Crippen LogP contribution in [0.1, 0.15) is 63.5 Å². The summed E-state index contributed by atoms with van der Waals surface area (Å²) in [7, 11) is -0.854. The second-order valence-electron chi connectivity index (χ2n) is 11.3. The summed E-state index contributed by atoms with van der Waals surface area (Å²) in [5, 5.41) is 15.6. The summed E-state index contributed by atoms with van der Waals surface area (Å²) in [6.45, 7) is 3.60. The van der Waals surface area contributed by atoms with Crippen LogP contribution in [0.25, 0.3) is 0 Å². The molecule has 0 spiro atoms. The molecule has 1 unspecified atom stereocenters. The number of hydrogen-bond acceptors (Lipinski definition) is 8. The molecule has 0 heterocycles. The SMILES string of the molecule is CCCC(CCC)S(=O)(=O)CC(NC(=O)CCC(=O)NC)C(=O)N(Cc1cccc(OC)c1)C[C@@H](O)[C@@H](N)Cc1ccccc1. The first-order valence-electron chi connectivity index (χ1n) is 15.5. The van der Waals surface area contributed by atoms with Gasteiger partial charge in [-0.15, -0.1) is 0 Å². The minimum Gasteiger partial charge on any atom is -0.497 e. The van der Waals surface area contributed by atoms with Crippen molar-refractivity contribution < 1.29 is 32.6 Å². The van der Waals surface area contributed by atoms with Crippen molar-refractivity contribution >= 4 is 27.6 Å². The molecule has 0 bridgehead atoms. The van der Waals surface area contributed by atoms with Gasteiger partial charge < -0.3 is 31.1 Å². The molecule has 0 radical (unpaired) electrons. The highest BCUT2D eigenvalue weighted by Gasteiger charge is 2.35. The Labute approximate surface area is 267 Å². The van der Waals surface area contributed by atoms with Gasteiger partial charge in [-0.05, 0) is 42.5 Å². The summed E-state index contributed by atoms with van der Waals surface area (Å²) >= 11 is 0. The Morgan fingerprint density at radius 2 is 1.58 bits per heavy atom. The van der Waals surface area contributed by atoms with Crippen molar-refractivity contribution in [3.05, 3.63) is 65.7 Å². The lowest BCUT2D eigenvalue weighted by Crippen LogP contribution is -2.55. The lowest BCUT2D eigenvalue weighted by atomic mass is 10.0. The number of rotatable bonds is 20. The number of aliphatic hydroxyl groups excluding tert-OH is 1. The fourth-order valence-corrected chi connectivity index (χ4v) is 7.29. The lowest BCUT2D eigenvalue weighted by molar-refractivity contribution is -0.138. The van der Waals surface area contributed by atoms with Gasteiger partial charge in [0, 0.05) is 39.0 Å². The lowest BCUT2D eigenvalue weighted by Gasteiger charge is -2.32. The number of carbonyl (C=O) groups excluding carboxylic acids is 3. The summed E-state index contributed by atoms with van der Waals surface area (Å²) in [6, 6.07) is 14.3. The number of amides is 3. The monoisotopic (exact) mass is 646 g/mol. The number of hydrogen-bond donors (Lipinski definition) is 4. The number of carbonyl (C=O) groups is 3. The van der Waals surface area contributed by atoms with Crippen molar-refractivity contribution in [2.24, 2.45) is 5.73 Å². The molecule has 11 nitrogen and oxygen atoms in total. The second-order valence-corrected chi connectivity index (χ2v) is 13.6. The molecule has 0 aliphatic heterocycles. The number of nitrogens with two attached hydrogens (primary N) is 1. The smallest absolute Gasteiger partial charge is 0.246 e. The van der Waals surface area contributed by atoms with Crippen LogP contribution in [0.3, 0.4) is 0 Å². The molecule has 2 aromatic carbocycles. The van der Waals surface area contributed by atoms with Crippen molar-refractivity contribution in [1.29, 1.82) is 0 Å². The number of nitrogens with one attached hydrogen (secondary N) is 2. The van der Waals surface area contributed by atoms with Crippen LogP contribution in [-0.4, -0.2) is 86.0 Å². The minimum absolute atomic E-state index is 0.00313. The third-order valence-corrected chi connectivity index (χ3v) is 9.94. The number of ether oxygens (including phenoxy) is 1. The van der Waals surface area contributed by atoms with Crippen LogP contribution < -0.4 is 21.1 Å². The van der Waals surface area contributed by atoms with Crippen molar-refractivity contribution in [2.45, 2.75) is 88.8 Å². The van der Waals surface area contributed by atoms with Gasteiger partial charge in [0.1, 0.15) is 11.8 Å². The van der Waals surface area contributed by atoms with E-state index in [1.54, 1.807) is 24.3 Å². The second kappa shape index (κ2) is 19.1. The van der Waals surface area contributed by atoms with Crippen LogP contribution in [0.5, 0.6) is 5.75 Å². The Balaban J connectivity index is 2.44. The van der Waals surface area contributed by atoms with E-state index in [1.807, 2.05) is 44.2 Å². The average Bonchev–Trinajstić information content (AvgIpc) is 3.02. The maximum absolute atomic E-state index is 14.2. The van der Waals surface area contributed by atoms with E-state index in [9.17, 15) is 27.9 Å². The number of nitrogens with zero attached hydrogens (tertiary/aromatic N) is 1.